The third kappa shape index (κ3) is 2.87. The molecule has 104 valence electrons. The Hall–Kier alpha value is -0.570. The lowest BCUT2D eigenvalue weighted by Gasteiger charge is -2.28. The molecule has 2 rings (SSSR count). The number of nitrogens with one attached hydrogen (secondary N) is 1. The van der Waals surface area contributed by atoms with Crippen molar-refractivity contribution in [2.75, 3.05) is 6.54 Å². The number of hydrogen-bond donors (Lipinski definition) is 1. The maximum absolute atomic E-state index is 12.3. The number of carbonyl (C=O) groups excluding carboxylic acids is 1. The Morgan fingerprint density at radius 2 is 2.00 bits per heavy atom. The van der Waals surface area contributed by atoms with Crippen LogP contribution in [0.4, 0.5) is 0 Å². The van der Waals surface area contributed by atoms with Gasteiger partial charge in [-0.25, -0.2) is 0 Å². The van der Waals surface area contributed by atoms with Crippen LogP contribution in [0.5, 0.6) is 0 Å². The largest absolute Gasteiger partial charge is 0.326 e. The van der Waals surface area contributed by atoms with Crippen molar-refractivity contribution in [2.45, 2.75) is 71.5 Å². The summed E-state index contributed by atoms with van der Waals surface area (Å²) in [6.45, 7) is 7.44. The molecule has 1 N–H and O–H groups in total. The Labute approximate surface area is 111 Å². The van der Waals surface area contributed by atoms with Gasteiger partial charge in [-0.15, -0.1) is 0 Å². The van der Waals surface area contributed by atoms with E-state index in [2.05, 4.69) is 31.0 Å². The van der Waals surface area contributed by atoms with Crippen LogP contribution in [0.2, 0.25) is 0 Å². The fourth-order valence-corrected chi connectivity index (χ4v) is 3.42. The van der Waals surface area contributed by atoms with Gasteiger partial charge >= 0.3 is 0 Å². The predicted molar refractivity (Wildman–Crippen MR) is 74.1 cm³/mol. The van der Waals surface area contributed by atoms with Gasteiger partial charge < -0.3 is 4.90 Å². The molecular weight excluding hydrogens is 224 g/mol. The molecule has 0 radical (unpaired) electrons. The monoisotopic (exact) mass is 252 g/mol. The zero-order valence-electron chi connectivity index (χ0n) is 12.1. The molecule has 2 fully saturated rings. The average molecular weight is 252 g/mol. The summed E-state index contributed by atoms with van der Waals surface area (Å²) in [7, 11) is 0. The first-order valence-electron chi connectivity index (χ1n) is 7.70. The average Bonchev–Trinajstić information content (AvgIpc) is 2.94. The molecule has 1 aliphatic heterocycles. The van der Waals surface area contributed by atoms with Gasteiger partial charge in [-0.2, -0.15) is 0 Å². The Morgan fingerprint density at radius 3 is 2.56 bits per heavy atom. The topological polar surface area (TPSA) is 32.3 Å². The van der Waals surface area contributed by atoms with Crippen LogP contribution in [0.25, 0.3) is 0 Å². The summed E-state index contributed by atoms with van der Waals surface area (Å²) in [6, 6.07) is 0.0565. The number of amides is 1. The molecule has 1 heterocycles. The molecule has 1 saturated carbocycles. The standard InChI is InChI=1S/C15H28N2O/c1-4-13-15(18)17(14(16-13)11(2)3)10-9-12-7-5-6-8-12/h11-14,16H,4-10H2,1-3H3. The van der Waals surface area contributed by atoms with Crippen LogP contribution < -0.4 is 5.32 Å². The molecule has 1 aliphatic carbocycles. The third-order valence-electron chi connectivity index (χ3n) is 4.58. The van der Waals surface area contributed by atoms with Crippen molar-refractivity contribution in [1.29, 1.82) is 0 Å². The number of carbonyl (C=O) groups is 1. The van der Waals surface area contributed by atoms with Gasteiger partial charge in [0.2, 0.25) is 5.91 Å². The molecule has 2 atom stereocenters. The van der Waals surface area contributed by atoms with Crippen LogP contribution in [0.3, 0.4) is 0 Å². The van der Waals surface area contributed by atoms with Crippen LogP contribution in [0.1, 0.15) is 59.3 Å². The molecule has 2 unspecified atom stereocenters. The summed E-state index contributed by atoms with van der Waals surface area (Å²) in [5.41, 5.74) is 0. The Balaban J connectivity index is 1.92. The van der Waals surface area contributed by atoms with Crippen molar-refractivity contribution < 1.29 is 4.79 Å². The lowest BCUT2D eigenvalue weighted by molar-refractivity contribution is -0.130. The second kappa shape index (κ2) is 6.05. The molecule has 18 heavy (non-hydrogen) atoms. The molecule has 0 bridgehead atoms. The minimum absolute atomic E-state index is 0.0565. The van der Waals surface area contributed by atoms with Gasteiger partial charge in [0.25, 0.3) is 0 Å². The van der Waals surface area contributed by atoms with Crippen LogP contribution in [0.15, 0.2) is 0 Å². The Bertz CT molecular complexity index is 284. The zero-order valence-corrected chi connectivity index (χ0v) is 12.1. The van der Waals surface area contributed by atoms with Crippen LogP contribution in [-0.4, -0.2) is 29.6 Å². The van der Waals surface area contributed by atoms with E-state index < -0.39 is 0 Å². The van der Waals surface area contributed by atoms with Gasteiger partial charge in [-0.3, -0.25) is 10.1 Å². The van der Waals surface area contributed by atoms with E-state index in [0.717, 1.165) is 18.9 Å². The molecule has 3 heteroatoms. The first-order valence-corrected chi connectivity index (χ1v) is 7.70. The molecule has 0 aromatic heterocycles. The molecular formula is C15H28N2O. The molecule has 0 spiro atoms. The van der Waals surface area contributed by atoms with E-state index in [1.165, 1.54) is 32.1 Å². The fraction of sp³-hybridized carbons (Fsp3) is 0.933. The van der Waals surface area contributed by atoms with Gasteiger partial charge in [0.05, 0.1) is 12.2 Å². The van der Waals surface area contributed by atoms with Crippen molar-refractivity contribution in [2.24, 2.45) is 11.8 Å². The summed E-state index contributed by atoms with van der Waals surface area (Å²) >= 11 is 0. The van der Waals surface area contributed by atoms with Gasteiger partial charge in [0.15, 0.2) is 0 Å². The van der Waals surface area contributed by atoms with Gasteiger partial charge in [-0.1, -0.05) is 46.5 Å². The molecule has 0 aromatic carbocycles. The summed E-state index contributed by atoms with van der Waals surface area (Å²) in [5, 5.41) is 3.49. The van der Waals surface area contributed by atoms with E-state index in [9.17, 15) is 4.79 Å². The van der Waals surface area contributed by atoms with Crippen LogP contribution in [-0.2, 0) is 4.79 Å². The van der Waals surface area contributed by atoms with Crippen molar-refractivity contribution in [1.82, 2.24) is 10.2 Å². The van der Waals surface area contributed by atoms with Crippen molar-refractivity contribution >= 4 is 5.91 Å². The summed E-state index contributed by atoms with van der Waals surface area (Å²) in [5.74, 6) is 1.69. The van der Waals surface area contributed by atoms with Gasteiger partial charge in [-0.05, 0) is 24.7 Å². The lowest BCUT2D eigenvalue weighted by atomic mass is 10.0. The minimum atomic E-state index is 0.0565. The van der Waals surface area contributed by atoms with Gasteiger partial charge in [0, 0.05) is 6.54 Å². The van der Waals surface area contributed by atoms with E-state index in [1.807, 2.05) is 0 Å². The summed E-state index contributed by atoms with van der Waals surface area (Å²) in [6.07, 6.45) is 7.89. The molecule has 1 amide bonds. The number of rotatable bonds is 5. The van der Waals surface area contributed by atoms with Crippen molar-refractivity contribution in [3.05, 3.63) is 0 Å². The van der Waals surface area contributed by atoms with E-state index in [1.54, 1.807) is 0 Å². The third-order valence-corrected chi connectivity index (χ3v) is 4.58. The first-order chi connectivity index (χ1) is 8.63. The molecule has 1 saturated heterocycles. The SMILES string of the molecule is CCC1NC(C(C)C)N(CCC2CCCC2)C1=O. The van der Waals surface area contributed by atoms with Crippen LogP contribution >= 0.6 is 0 Å². The second-order valence-electron chi connectivity index (χ2n) is 6.29. The highest BCUT2D eigenvalue weighted by Crippen LogP contribution is 2.29. The number of nitrogens with zero attached hydrogens (tertiary/aromatic N) is 1. The minimum Gasteiger partial charge on any atom is -0.326 e. The smallest absolute Gasteiger partial charge is 0.241 e. The quantitative estimate of drug-likeness (QED) is 0.816. The van der Waals surface area contributed by atoms with E-state index in [0.29, 0.717) is 11.8 Å². The maximum atomic E-state index is 12.3. The van der Waals surface area contributed by atoms with E-state index in [4.69, 9.17) is 0 Å². The van der Waals surface area contributed by atoms with Crippen LogP contribution in [0, 0.1) is 11.8 Å². The Kier molecular flexibility index (Phi) is 4.66. The molecule has 0 aromatic rings. The van der Waals surface area contributed by atoms with Crippen molar-refractivity contribution in [3.63, 3.8) is 0 Å². The van der Waals surface area contributed by atoms with Gasteiger partial charge in [0.1, 0.15) is 0 Å². The van der Waals surface area contributed by atoms with E-state index >= 15 is 0 Å². The maximum Gasteiger partial charge on any atom is 0.241 e. The molecule has 3 nitrogen and oxygen atoms in total. The first kappa shape index (κ1) is 13.9. The number of hydrogen-bond acceptors (Lipinski definition) is 2. The van der Waals surface area contributed by atoms with Crippen molar-refractivity contribution in [3.8, 4) is 0 Å². The summed E-state index contributed by atoms with van der Waals surface area (Å²) in [4.78, 5) is 14.4. The normalized spacial score (nSPS) is 29.8. The highest BCUT2D eigenvalue weighted by Gasteiger charge is 2.39. The predicted octanol–water partition coefficient (Wildman–Crippen LogP) is 2.76. The Morgan fingerprint density at radius 1 is 1.33 bits per heavy atom. The highest BCUT2D eigenvalue weighted by atomic mass is 16.2. The summed E-state index contributed by atoms with van der Waals surface area (Å²) < 4.78 is 0. The fourth-order valence-electron chi connectivity index (χ4n) is 3.42. The second-order valence-corrected chi connectivity index (χ2v) is 6.29. The molecule has 2 aliphatic rings. The highest BCUT2D eigenvalue weighted by molar-refractivity contribution is 5.84. The van der Waals surface area contributed by atoms with E-state index in [-0.39, 0.29) is 12.2 Å². The lowest BCUT2D eigenvalue weighted by Crippen LogP contribution is -2.42. The zero-order chi connectivity index (χ0) is 13.1.